The van der Waals surface area contributed by atoms with Crippen LogP contribution in [-0.4, -0.2) is 59.0 Å². The molecule has 1 fully saturated rings. The second-order valence-electron chi connectivity index (χ2n) is 8.57. The third kappa shape index (κ3) is 5.36. The van der Waals surface area contributed by atoms with Crippen LogP contribution >= 0.6 is 0 Å². The summed E-state index contributed by atoms with van der Waals surface area (Å²) in [6, 6.07) is 27.9. The highest BCUT2D eigenvalue weighted by Gasteiger charge is 2.43. The van der Waals surface area contributed by atoms with E-state index in [2.05, 4.69) is 11.8 Å². The zero-order valence-corrected chi connectivity index (χ0v) is 19.2. The van der Waals surface area contributed by atoms with E-state index in [0.29, 0.717) is 19.5 Å². The zero-order valence-electron chi connectivity index (χ0n) is 19.2. The molecule has 34 heavy (non-hydrogen) atoms. The number of carboxylic acids is 1. The van der Waals surface area contributed by atoms with E-state index in [4.69, 9.17) is 0 Å². The first-order chi connectivity index (χ1) is 16.5. The fraction of sp³-hybridized carbons (Fsp3) is 0.241. The molecule has 172 valence electrons. The summed E-state index contributed by atoms with van der Waals surface area (Å²) in [5, 5.41) is 9.94. The van der Waals surface area contributed by atoms with Crippen molar-refractivity contribution in [1.82, 2.24) is 9.80 Å². The van der Waals surface area contributed by atoms with Gasteiger partial charge in [-0.3, -0.25) is 9.69 Å². The van der Waals surface area contributed by atoms with E-state index in [1.54, 1.807) is 4.90 Å². The predicted octanol–water partition coefficient (Wildman–Crippen LogP) is 3.86. The number of carbonyl (C=O) groups excluding carboxylic acids is 1. The molecule has 5 nitrogen and oxygen atoms in total. The van der Waals surface area contributed by atoms with Crippen LogP contribution in [0.15, 0.2) is 91.0 Å². The van der Waals surface area contributed by atoms with Crippen molar-refractivity contribution < 1.29 is 14.7 Å². The normalized spacial score (nSPS) is 17.4. The molecule has 0 spiro atoms. The second kappa shape index (κ2) is 10.8. The highest BCUT2D eigenvalue weighted by Crippen LogP contribution is 2.31. The molecule has 0 aromatic heterocycles. The molecule has 5 heteroatoms. The van der Waals surface area contributed by atoms with Crippen molar-refractivity contribution in [3.05, 3.63) is 108 Å². The summed E-state index contributed by atoms with van der Waals surface area (Å²) in [5.74, 6) is 4.60. The number of nitrogens with zero attached hydrogens (tertiary/aromatic N) is 2. The largest absolute Gasteiger partial charge is 0.480 e. The van der Waals surface area contributed by atoms with Crippen LogP contribution in [0.4, 0.5) is 0 Å². The summed E-state index contributed by atoms with van der Waals surface area (Å²) in [5.41, 5.74) is 2.65. The van der Waals surface area contributed by atoms with Crippen LogP contribution in [-0.2, 0) is 9.59 Å². The Morgan fingerprint density at radius 3 is 2.00 bits per heavy atom. The Morgan fingerprint density at radius 2 is 1.47 bits per heavy atom. The summed E-state index contributed by atoms with van der Waals surface area (Å²) in [6.45, 7) is 0.851. The van der Waals surface area contributed by atoms with E-state index in [-0.39, 0.29) is 11.9 Å². The average molecular weight is 453 g/mol. The molecule has 4 rings (SSSR count). The minimum atomic E-state index is -0.973. The standard InChI is InChI=1S/C29H28N2O3/c1-30(19-11-14-22-12-5-2-6-13-22)25-20-26(29(33)34)31(21-25)28(32)27(23-15-7-3-8-16-23)24-17-9-4-10-18-24/h2-10,12-13,15-18,25-27H,19-21H2,1H3,(H,33,34). The van der Waals surface area contributed by atoms with E-state index in [9.17, 15) is 14.7 Å². The monoisotopic (exact) mass is 452 g/mol. The first-order valence-electron chi connectivity index (χ1n) is 11.4. The van der Waals surface area contributed by atoms with E-state index < -0.39 is 17.9 Å². The third-order valence-electron chi connectivity index (χ3n) is 6.32. The number of hydrogen-bond acceptors (Lipinski definition) is 3. The summed E-state index contributed by atoms with van der Waals surface area (Å²) < 4.78 is 0. The minimum Gasteiger partial charge on any atom is -0.480 e. The number of benzene rings is 3. The van der Waals surface area contributed by atoms with E-state index in [1.807, 2.05) is 103 Å². The molecule has 1 aliphatic heterocycles. The zero-order chi connectivity index (χ0) is 23.9. The molecule has 3 aromatic rings. The first-order valence-corrected chi connectivity index (χ1v) is 11.4. The van der Waals surface area contributed by atoms with Crippen LogP contribution in [0.25, 0.3) is 0 Å². The molecule has 0 radical (unpaired) electrons. The number of aliphatic carboxylic acids is 1. The molecule has 1 amide bonds. The van der Waals surface area contributed by atoms with Gasteiger partial charge in [0, 0.05) is 18.2 Å². The van der Waals surface area contributed by atoms with Gasteiger partial charge in [-0.2, -0.15) is 0 Å². The fourth-order valence-electron chi connectivity index (χ4n) is 4.46. The molecule has 0 bridgehead atoms. The molecule has 1 aliphatic rings. The van der Waals surface area contributed by atoms with Crippen molar-refractivity contribution in [2.75, 3.05) is 20.1 Å². The minimum absolute atomic E-state index is 0.0812. The van der Waals surface area contributed by atoms with Crippen LogP contribution in [0.1, 0.15) is 29.0 Å². The van der Waals surface area contributed by atoms with Crippen LogP contribution in [0.5, 0.6) is 0 Å². The van der Waals surface area contributed by atoms with Crippen molar-refractivity contribution >= 4 is 11.9 Å². The van der Waals surface area contributed by atoms with Crippen molar-refractivity contribution in [1.29, 1.82) is 0 Å². The van der Waals surface area contributed by atoms with Crippen LogP contribution in [0, 0.1) is 11.8 Å². The van der Waals surface area contributed by atoms with Crippen molar-refractivity contribution in [2.24, 2.45) is 0 Å². The summed E-state index contributed by atoms with van der Waals surface area (Å²) >= 11 is 0. The fourth-order valence-corrected chi connectivity index (χ4v) is 4.46. The van der Waals surface area contributed by atoms with Crippen molar-refractivity contribution in [3.8, 4) is 11.8 Å². The number of likely N-dealkylation sites (N-methyl/N-ethyl adjacent to an activating group) is 1. The van der Waals surface area contributed by atoms with Gasteiger partial charge in [0.05, 0.1) is 12.5 Å². The molecule has 2 atom stereocenters. The number of hydrogen-bond donors (Lipinski definition) is 1. The predicted molar refractivity (Wildman–Crippen MR) is 132 cm³/mol. The number of amides is 1. The SMILES string of the molecule is CN(CC#Cc1ccccc1)C1CC(C(=O)O)N(C(=O)C(c2ccccc2)c2ccccc2)C1. The van der Waals surface area contributed by atoms with Gasteiger partial charge in [-0.25, -0.2) is 4.79 Å². The van der Waals surface area contributed by atoms with Gasteiger partial charge in [-0.15, -0.1) is 0 Å². The van der Waals surface area contributed by atoms with Gasteiger partial charge in [0.25, 0.3) is 0 Å². The molecular weight excluding hydrogens is 424 g/mol. The lowest BCUT2D eigenvalue weighted by atomic mass is 9.90. The Balaban J connectivity index is 1.55. The summed E-state index contributed by atoms with van der Waals surface area (Å²) in [4.78, 5) is 29.6. The van der Waals surface area contributed by atoms with E-state index in [1.165, 1.54) is 0 Å². The Hall–Kier alpha value is -3.88. The van der Waals surface area contributed by atoms with Crippen LogP contribution in [0.2, 0.25) is 0 Å². The summed E-state index contributed by atoms with van der Waals surface area (Å²) in [7, 11) is 1.93. The third-order valence-corrected chi connectivity index (χ3v) is 6.32. The molecule has 3 aromatic carbocycles. The van der Waals surface area contributed by atoms with Gasteiger partial charge in [0.2, 0.25) is 5.91 Å². The lowest BCUT2D eigenvalue weighted by Crippen LogP contribution is -2.43. The molecule has 1 saturated heterocycles. The smallest absolute Gasteiger partial charge is 0.326 e. The van der Waals surface area contributed by atoms with Gasteiger partial charge >= 0.3 is 5.97 Å². The van der Waals surface area contributed by atoms with Gasteiger partial charge < -0.3 is 10.0 Å². The maximum Gasteiger partial charge on any atom is 0.326 e. The number of carbonyl (C=O) groups is 2. The highest BCUT2D eigenvalue weighted by molar-refractivity contribution is 5.91. The van der Waals surface area contributed by atoms with E-state index >= 15 is 0 Å². The van der Waals surface area contributed by atoms with E-state index in [0.717, 1.165) is 16.7 Å². The average Bonchev–Trinajstić information content (AvgIpc) is 3.32. The first kappa shape index (κ1) is 23.3. The maximum atomic E-state index is 13.8. The molecule has 0 saturated carbocycles. The van der Waals surface area contributed by atoms with Gasteiger partial charge in [-0.1, -0.05) is 90.7 Å². The maximum absolute atomic E-state index is 13.8. The van der Waals surface area contributed by atoms with Crippen molar-refractivity contribution in [3.63, 3.8) is 0 Å². The molecule has 2 unspecified atom stereocenters. The number of rotatable bonds is 6. The Bertz CT molecular complexity index is 1130. The molecule has 1 heterocycles. The second-order valence-corrected chi connectivity index (χ2v) is 8.57. The van der Waals surface area contributed by atoms with Gasteiger partial charge in [-0.05, 0) is 36.7 Å². The quantitative estimate of drug-likeness (QED) is 0.577. The van der Waals surface area contributed by atoms with Crippen LogP contribution in [0.3, 0.4) is 0 Å². The lowest BCUT2D eigenvalue weighted by molar-refractivity contribution is -0.148. The molecular formula is C29H28N2O3. The number of carboxylic acid groups (broad SMARTS) is 1. The van der Waals surface area contributed by atoms with Crippen LogP contribution < -0.4 is 0 Å². The molecule has 0 aliphatic carbocycles. The van der Waals surface area contributed by atoms with Crippen molar-refractivity contribution in [2.45, 2.75) is 24.4 Å². The number of likely N-dealkylation sites (tertiary alicyclic amines) is 1. The Labute approximate surface area is 200 Å². The lowest BCUT2D eigenvalue weighted by Gasteiger charge is -2.28. The topological polar surface area (TPSA) is 60.9 Å². The Kier molecular flexibility index (Phi) is 7.41. The van der Waals surface area contributed by atoms with Gasteiger partial charge in [0.15, 0.2) is 0 Å². The summed E-state index contributed by atoms with van der Waals surface area (Å²) in [6.07, 6.45) is 0.376. The Morgan fingerprint density at radius 1 is 0.941 bits per heavy atom. The highest BCUT2D eigenvalue weighted by atomic mass is 16.4. The molecule has 1 N–H and O–H groups in total. The van der Waals surface area contributed by atoms with Gasteiger partial charge in [0.1, 0.15) is 6.04 Å².